The Morgan fingerprint density at radius 1 is 1.33 bits per heavy atom. The first-order chi connectivity index (χ1) is 7.22. The van der Waals surface area contributed by atoms with Crippen LogP contribution in [-0.4, -0.2) is 6.72 Å². The van der Waals surface area contributed by atoms with Crippen LogP contribution in [0.3, 0.4) is 0 Å². The molecule has 0 atom stereocenters. The molecule has 0 unspecified atom stereocenters. The number of hydrogen-bond donors (Lipinski definition) is 2. The zero-order chi connectivity index (χ0) is 11.1. The van der Waals surface area contributed by atoms with Crippen molar-refractivity contribution >= 4 is 12.4 Å². The third-order valence-corrected chi connectivity index (χ3v) is 1.70. The average molecular weight is 201 g/mol. The molecule has 3 heteroatoms. The molecule has 1 aromatic rings. The minimum absolute atomic E-state index is 0.707. The summed E-state index contributed by atoms with van der Waals surface area (Å²) in [5, 5.41) is 6.17. The number of anilines is 1. The average Bonchev–Trinajstić information content (AvgIpc) is 2.19. The van der Waals surface area contributed by atoms with Gasteiger partial charge in [0, 0.05) is 17.6 Å². The van der Waals surface area contributed by atoms with Gasteiger partial charge in [0.1, 0.15) is 0 Å². The molecular formula is C12H15N3. The molecule has 0 radical (unpaired) electrons. The fourth-order valence-electron chi connectivity index (χ4n) is 1.13. The number of nitrogens with one attached hydrogen (secondary N) is 2. The van der Waals surface area contributed by atoms with Crippen molar-refractivity contribution in [2.45, 2.75) is 6.92 Å². The van der Waals surface area contributed by atoms with E-state index in [4.69, 9.17) is 0 Å². The maximum Gasteiger partial charge on any atom is 0.0999 e. The van der Waals surface area contributed by atoms with Crippen LogP contribution in [-0.2, 0) is 0 Å². The van der Waals surface area contributed by atoms with Gasteiger partial charge < -0.3 is 10.6 Å². The Bertz CT molecular complexity index is 366. The Morgan fingerprint density at radius 3 is 2.60 bits per heavy atom. The molecule has 0 saturated heterocycles. The quantitative estimate of drug-likeness (QED) is 0.719. The summed E-state index contributed by atoms with van der Waals surface area (Å²) in [6.07, 6.45) is 1.64. The summed E-state index contributed by atoms with van der Waals surface area (Å²) < 4.78 is 0. The summed E-state index contributed by atoms with van der Waals surface area (Å²) in [6, 6.07) is 9.83. The van der Waals surface area contributed by atoms with E-state index in [-0.39, 0.29) is 0 Å². The first-order valence-electron chi connectivity index (χ1n) is 4.63. The highest BCUT2D eigenvalue weighted by Gasteiger charge is 1.94. The van der Waals surface area contributed by atoms with Gasteiger partial charge in [0.2, 0.25) is 0 Å². The van der Waals surface area contributed by atoms with Crippen molar-refractivity contribution in [3.63, 3.8) is 0 Å². The zero-order valence-corrected chi connectivity index (χ0v) is 8.83. The molecule has 0 saturated carbocycles. The van der Waals surface area contributed by atoms with Gasteiger partial charge in [-0.05, 0) is 25.8 Å². The Hall–Kier alpha value is -2.03. The third kappa shape index (κ3) is 4.13. The lowest BCUT2D eigenvalue weighted by Gasteiger charge is -2.11. The number of hydrogen-bond acceptors (Lipinski definition) is 3. The maximum atomic E-state index is 3.85. The second kappa shape index (κ2) is 5.65. The van der Waals surface area contributed by atoms with Crippen molar-refractivity contribution in [1.29, 1.82) is 0 Å². The summed E-state index contributed by atoms with van der Waals surface area (Å²) in [5.74, 6) is 0.707. The van der Waals surface area contributed by atoms with Gasteiger partial charge in [-0.1, -0.05) is 24.8 Å². The van der Waals surface area contributed by atoms with Crippen LogP contribution in [0.15, 0.2) is 59.6 Å². The summed E-state index contributed by atoms with van der Waals surface area (Å²) in [7, 11) is 0. The number of rotatable bonds is 5. The Morgan fingerprint density at radius 2 is 2.00 bits per heavy atom. The van der Waals surface area contributed by atoms with Crippen LogP contribution in [0.2, 0.25) is 0 Å². The predicted octanol–water partition coefficient (Wildman–Crippen LogP) is 2.72. The topological polar surface area (TPSA) is 36.4 Å². The molecule has 3 nitrogen and oxygen atoms in total. The van der Waals surface area contributed by atoms with Crippen LogP contribution in [0.4, 0.5) is 5.69 Å². The van der Waals surface area contributed by atoms with Crippen LogP contribution in [0.25, 0.3) is 0 Å². The van der Waals surface area contributed by atoms with Gasteiger partial charge in [-0.15, -0.1) is 0 Å². The third-order valence-electron chi connectivity index (χ3n) is 1.70. The molecule has 0 amide bonds. The summed E-state index contributed by atoms with van der Waals surface area (Å²) in [4.78, 5) is 3.65. The number of benzene rings is 1. The first kappa shape index (κ1) is 11.0. The van der Waals surface area contributed by atoms with Crippen LogP contribution >= 0.6 is 0 Å². The highest BCUT2D eigenvalue weighted by atomic mass is 15.1. The van der Waals surface area contributed by atoms with E-state index in [1.165, 1.54) is 0 Å². The molecule has 1 aromatic carbocycles. The van der Waals surface area contributed by atoms with Gasteiger partial charge in [-0.25, -0.2) is 0 Å². The molecule has 0 aromatic heterocycles. The molecular weight excluding hydrogens is 186 g/mol. The van der Waals surface area contributed by atoms with Crippen molar-refractivity contribution in [2.24, 2.45) is 4.99 Å². The Labute approximate surface area is 90.2 Å². The standard InChI is InChI=1S/C12H15N3/c1-10(9-13-3)14-11(2)15-12-7-5-4-6-8-12/h4-9,14-15H,2-3H2,1H3/b10-9+. The second-order valence-electron chi connectivity index (χ2n) is 3.09. The lowest BCUT2D eigenvalue weighted by Crippen LogP contribution is -2.16. The highest BCUT2D eigenvalue weighted by molar-refractivity contribution is 5.47. The fraction of sp³-hybridized carbons (Fsp3) is 0.0833. The van der Waals surface area contributed by atoms with Gasteiger partial charge in [-0.3, -0.25) is 4.99 Å². The molecule has 0 aliphatic heterocycles. The molecule has 1 rings (SSSR count). The van der Waals surface area contributed by atoms with Crippen LogP contribution in [0, 0.1) is 0 Å². The van der Waals surface area contributed by atoms with E-state index in [1.807, 2.05) is 37.3 Å². The lowest BCUT2D eigenvalue weighted by molar-refractivity contribution is 0.973. The van der Waals surface area contributed by atoms with Gasteiger partial charge in [0.15, 0.2) is 0 Å². The van der Waals surface area contributed by atoms with Crippen molar-refractivity contribution in [3.05, 3.63) is 54.6 Å². The molecule has 0 heterocycles. The van der Waals surface area contributed by atoms with Gasteiger partial charge >= 0.3 is 0 Å². The van der Waals surface area contributed by atoms with Crippen LogP contribution < -0.4 is 10.6 Å². The minimum atomic E-state index is 0.707. The van der Waals surface area contributed by atoms with E-state index in [2.05, 4.69) is 28.9 Å². The number of allylic oxidation sites excluding steroid dienone is 1. The number of aliphatic imine (C=N–C) groups is 1. The monoisotopic (exact) mass is 201 g/mol. The van der Waals surface area contributed by atoms with Gasteiger partial charge in [0.25, 0.3) is 0 Å². The SMILES string of the molecule is C=N/C=C(\C)NC(=C)Nc1ccccc1. The zero-order valence-electron chi connectivity index (χ0n) is 8.83. The molecule has 0 aliphatic carbocycles. The van der Waals surface area contributed by atoms with E-state index in [0.29, 0.717) is 5.82 Å². The minimum Gasteiger partial charge on any atom is -0.345 e. The molecule has 0 aliphatic rings. The number of nitrogens with zero attached hydrogens (tertiary/aromatic N) is 1. The van der Waals surface area contributed by atoms with Crippen molar-refractivity contribution in [2.75, 3.05) is 5.32 Å². The summed E-state index contributed by atoms with van der Waals surface area (Å²) >= 11 is 0. The van der Waals surface area contributed by atoms with E-state index >= 15 is 0 Å². The summed E-state index contributed by atoms with van der Waals surface area (Å²) in [6.45, 7) is 9.12. The van der Waals surface area contributed by atoms with Crippen molar-refractivity contribution in [3.8, 4) is 0 Å². The molecule has 15 heavy (non-hydrogen) atoms. The Kier molecular flexibility index (Phi) is 4.16. The molecule has 0 spiro atoms. The van der Waals surface area contributed by atoms with E-state index in [1.54, 1.807) is 6.20 Å². The largest absolute Gasteiger partial charge is 0.345 e. The molecule has 0 fully saturated rings. The van der Waals surface area contributed by atoms with Crippen molar-refractivity contribution in [1.82, 2.24) is 5.32 Å². The highest BCUT2D eigenvalue weighted by Crippen LogP contribution is 2.07. The van der Waals surface area contributed by atoms with Crippen molar-refractivity contribution < 1.29 is 0 Å². The second-order valence-corrected chi connectivity index (χ2v) is 3.09. The van der Waals surface area contributed by atoms with E-state index < -0.39 is 0 Å². The van der Waals surface area contributed by atoms with Crippen LogP contribution in [0.5, 0.6) is 0 Å². The number of para-hydroxylation sites is 1. The van der Waals surface area contributed by atoms with Crippen LogP contribution in [0.1, 0.15) is 6.92 Å². The Balaban J connectivity index is 2.50. The normalized spacial score (nSPS) is 10.6. The fourth-order valence-corrected chi connectivity index (χ4v) is 1.13. The predicted molar refractivity (Wildman–Crippen MR) is 65.6 cm³/mol. The molecule has 0 bridgehead atoms. The lowest BCUT2D eigenvalue weighted by atomic mass is 10.3. The van der Waals surface area contributed by atoms with E-state index in [0.717, 1.165) is 11.4 Å². The summed E-state index contributed by atoms with van der Waals surface area (Å²) in [5.41, 5.74) is 1.88. The molecule has 2 N–H and O–H groups in total. The maximum absolute atomic E-state index is 3.85. The first-order valence-corrected chi connectivity index (χ1v) is 4.63. The molecule has 78 valence electrons. The van der Waals surface area contributed by atoms with E-state index in [9.17, 15) is 0 Å². The van der Waals surface area contributed by atoms with Gasteiger partial charge in [0.05, 0.1) is 5.82 Å². The van der Waals surface area contributed by atoms with Gasteiger partial charge in [-0.2, -0.15) is 0 Å². The smallest absolute Gasteiger partial charge is 0.0999 e.